The maximum Gasteiger partial charge on any atom is 0.326 e. The van der Waals surface area contributed by atoms with Crippen LogP contribution in [-0.4, -0.2) is 82.6 Å². The zero-order valence-electron chi connectivity index (χ0n) is 21.8. The van der Waals surface area contributed by atoms with Gasteiger partial charge >= 0.3 is 5.97 Å². The van der Waals surface area contributed by atoms with E-state index < -0.39 is 47.9 Å². The number of carbonyl (C=O) groups is 4. The minimum Gasteiger partial charge on any atom is -0.508 e. The van der Waals surface area contributed by atoms with Gasteiger partial charge in [-0.25, -0.2) is 4.79 Å². The fourth-order valence-electron chi connectivity index (χ4n) is 4.51. The third-order valence-corrected chi connectivity index (χ3v) is 6.70. The number of hydrogen-bond donors (Lipinski definition) is 7. The molecule has 212 valence electrons. The Kier molecular flexibility index (Phi) is 13.0. The molecule has 12 heteroatoms. The number of aromatic hydroxyl groups is 1. The predicted molar refractivity (Wildman–Crippen MR) is 142 cm³/mol. The van der Waals surface area contributed by atoms with Crippen LogP contribution >= 0.6 is 0 Å². The van der Waals surface area contributed by atoms with E-state index in [0.717, 1.165) is 6.42 Å². The molecule has 1 aliphatic rings. The molecule has 3 amide bonds. The van der Waals surface area contributed by atoms with Gasteiger partial charge in [-0.1, -0.05) is 18.6 Å². The van der Waals surface area contributed by atoms with Crippen molar-refractivity contribution in [1.29, 1.82) is 0 Å². The number of carboxylic acids is 1. The highest BCUT2D eigenvalue weighted by atomic mass is 16.4. The number of hydrogen-bond acceptors (Lipinski definition) is 8. The molecule has 0 spiro atoms. The second-order valence-corrected chi connectivity index (χ2v) is 9.70. The fourth-order valence-corrected chi connectivity index (χ4v) is 4.51. The Balaban J connectivity index is 2.17. The van der Waals surface area contributed by atoms with Gasteiger partial charge in [-0.2, -0.15) is 0 Å². The molecule has 0 bridgehead atoms. The van der Waals surface area contributed by atoms with E-state index in [1.807, 2.05) is 0 Å². The van der Waals surface area contributed by atoms with Gasteiger partial charge in [-0.05, 0) is 75.7 Å². The normalized spacial score (nSPS) is 17.4. The molecule has 4 atom stereocenters. The largest absolute Gasteiger partial charge is 0.508 e. The van der Waals surface area contributed by atoms with Crippen molar-refractivity contribution in [2.75, 3.05) is 19.6 Å². The van der Waals surface area contributed by atoms with Gasteiger partial charge in [-0.3, -0.25) is 14.4 Å². The lowest BCUT2D eigenvalue weighted by molar-refractivity contribution is -0.145. The number of aliphatic carboxylic acids is 1. The Morgan fingerprint density at radius 2 is 1.58 bits per heavy atom. The number of phenolic OH excluding ortho intramolecular Hbond substituents is 1. The van der Waals surface area contributed by atoms with E-state index in [9.17, 15) is 29.4 Å². The molecule has 0 aromatic heterocycles. The Labute approximate surface area is 223 Å². The second-order valence-electron chi connectivity index (χ2n) is 9.70. The lowest BCUT2D eigenvalue weighted by atomic mass is 10.0. The molecule has 1 heterocycles. The van der Waals surface area contributed by atoms with Gasteiger partial charge in [0.05, 0.1) is 6.04 Å². The molecule has 2 rings (SSSR count). The topological polar surface area (TPSA) is 214 Å². The average molecular weight is 535 g/mol. The van der Waals surface area contributed by atoms with Crippen LogP contribution in [-0.2, 0) is 25.6 Å². The van der Waals surface area contributed by atoms with Crippen LogP contribution in [0.3, 0.4) is 0 Å². The summed E-state index contributed by atoms with van der Waals surface area (Å²) in [6, 6.07) is 2.52. The summed E-state index contributed by atoms with van der Waals surface area (Å²) in [6.45, 7) is 1.22. The number of nitrogens with one attached hydrogen (secondary N) is 2. The van der Waals surface area contributed by atoms with E-state index >= 15 is 0 Å². The van der Waals surface area contributed by atoms with Crippen molar-refractivity contribution < 1.29 is 29.4 Å². The van der Waals surface area contributed by atoms with Gasteiger partial charge in [0.25, 0.3) is 0 Å². The van der Waals surface area contributed by atoms with Crippen LogP contribution in [0.1, 0.15) is 56.9 Å². The molecule has 12 nitrogen and oxygen atoms in total. The van der Waals surface area contributed by atoms with E-state index in [4.69, 9.17) is 17.2 Å². The Hall–Kier alpha value is -3.22. The van der Waals surface area contributed by atoms with Gasteiger partial charge in [0.2, 0.25) is 17.7 Å². The van der Waals surface area contributed by atoms with Gasteiger partial charge in [0, 0.05) is 13.0 Å². The highest BCUT2D eigenvalue weighted by Gasteiger charge is 2.39. The van der Waals surface area contributed by atoms with E-state index in [-0.39, 0.29) is 18.6 Å². The summed E-state index contributed by atoms with van der Waals surface area (Å²) in [6.07, 6.45) is 4.31. The number of phenols is 1. The molecule has 1 aromatic carbocycles. The zero-order chi connectivity index (χ0) is 28.1. The number of rotatable bonds is 16. The minimum absolute atomic E-state index is 0.0679. The minimum atomic E-state index is -1.15. The van der Waals surface area contributed by atoms with Crippen molar-refractivity contribution in [2.45, 2.75) is 82.0 Å². The van der Waals surface area contributed by atoms with Crippen LogP contribution in [0.4, 0.5) is 0 Å². The summed E-state index contributed by atoms with van der Waals surface area (Å²) in [5.41, 5.74) is 17.7. The summed E-state index contributed by atoms with van der Waals surface area (Å²) in [4.78, 5) is 52.6. The monoisotopic (exact) mass is 534 g/mol. The van der Waals surface area contributed by atoms with Crippen molar-refractivity contribution >= 4 is 23.7 Å². The van der Waals surface area contributed by atoms with Crippen molar-refractivity contribution in [3.63, 3.8) is 0 Å². The number of benzene rings is 1. The predicted octanol–water partition coefficient (Wildman–Crippen LogP) is -0.435. The smallest absolute Gasteiger partial charge is 0.326 e. The Bertz CT molecular complexity index is 927. The van der Waals surface area contributed by atoms with E-state index in [2.05, 4.69) is 10.6 Å². The van der Waals surface area contributed by atoms with Crippen molar-refractivity contribution in [3.05, 3.63) is 29.8 Å². The van der Waals surface area contributed by atoms with E-state index in [1.165, 1.54) is 17.0 Å². The molecular formula is C26H42N6O6. The first kappa shape index (κ1) is 31.0. The molecule has 1 fully saturated rings. The molecule has 38 heavy (non-hydrogen) atoms. The van der Waals surface area contributed by atoms with Crippen molar-refractivity contribution in [1.82, 2.24) is 15.5 Å². The van der Waals surface area contributed by atoms with E-state index in [0.29, 0.717) is 63.7 Å². The molecule has 0 saturated carbocycles. The molecular weight excluding hydrogens is 492 g/mol. The van der Waals surface area contributed by atoms with Gasteiger partial charge in [-0.15, -0.1) is 0 Å². The number of nitrogens with zero attached hydrogens (tertiary/aromatic N) is 1. The van der Waals surface area contributed by atoms with Gasteiger partial charge < -0.3 is 42.9 Å². The zero-order valence-corrected chi connectivity index (χ0v) is 21.8. The maximum atomic E-state index is 13.7. The van der Waals surface area contributed by atoms with Gasteiger partial charge in [0.15, 0.2) is 0 Å². The Morgan fingerprint density at radius 3 is 2.18 bits per heavy atom. The molecule has 10 N–H and O–H groups in total. The third-order valence-electron chi connectivity index (χ3n) is 6.70. The SMILES string of the molecule is NCCCC[C@H](NC(=O)[C@@H]1CCCN1C(=O)[C@H](Cc1ccc(O)cc1)NC(=O)[C@@H](N)CCCCN)C(=O)O. The van der Waals surface area contributed by atoms with E-state index in [1.54, 1.807) is 12.1 Å². The second kappa shape index (κ2) is 15.9. The lowest BCUT2D eigenvalue weighted by Gasteiger charge is -2.30. The molecule has 0 unspecified atom stereocenters. The fraction of sp³-hybridized carbons (Fsp3) is 0.615. The van der Waals surface area contributed by atoms with Crippen LogP contribution in [0.15, 0.2) is 24.3 Å². The highest BCUT2D eigenvalue weighted by molar-refractivity contribution is 5.94. The van der Waals surface area contributed by atoms with Crippen LogP contribution in [0.5, 0.6) is 5.75 Å². The number of carbonyl (C=O) groups excluding carboxylic acids is 3. The molecule has 1 aromatic rings. The molecule has 0 radical (unpaired) electrons. The molecule has 1 aliphatic heterocycles. The number of unbranched alkanes of at least 4 members (excludes halogenated alkanes) is 2. The van der Waals surface area contributed by atoms with Crippen molar-refractivity contribution in [3.8, 4) is 5.75 Å². The number of carboxylic acid groups (broad SMARTS) is 1. The summed E-state index contributed by atoms with van der Waals surface area (Å²) in [7, 11) is 0. The van der Waals surface area contributed by atoms with Crippen LogP contribution in [0.25, 0.3) is 0 Å². The van der Waals surface area contributed by atoms with Crippen LogP contribution in [0, 0.1) is 0 Å². The van der Waals surface area contributed by atoms with Crippen LogP contribution in [0.2, 0.25) is 0 Å². The number of likely N-dealkylation sites (tertiary alicyclic amines) is 1. The van der Waals surface area contributed by atoms with Crippen LogP contribution < -0.4 is 27.8 Å². The quantitative estimate of drug-likeness (QED) is 0.137. The molecule has 1 saturated heterocycles. The first-order valence-corrected chi connectivity index (χ1v) is 13.3. The summed E-state index contributed by atoms with van der Waals surface area (Å²) >= 11 is 0. The Morgan fingerprint density at radius 1 is 0.947 bits per heavy atom. The molecule has 0 aliphatic carbocycles. The average Bonchev–Trinajstić information content (AvgIpc) is 3.38. The first-order chi connectivity index (χ1) is 18.2. The van der Waals surface area contributed by atoms with Gasteiger partial charge in [0.1, 0.15) is 23.9 Å². The summed E-state index contributed by atoms with van der Waals surface area (Å²) in [5.74, 6) is -2.55. The summed E-state index contributed by atoms with van der Waals surface area (Å²) in [5, 5.41) is 24.5. The number of amides is 3. The first-order valence-electron chi connectivity index (χ1n) is 13.3. The number of nitrogens with two attached hydrogens (primary N) is 3. The maximum absolute atomic E-state index is 13.7. The standard InChI is InChI=1S/C26H42N6O6/c27-13-3-1-6-19(29)23(34)31-21(16-17-9-11-18(33)12-10-17)25(36)32-15-5-8-22(32)24(35)30-20(26(37)38)7-2-4-14-28/h9-12,19-22,33H,1-8,13-16,27-29H2,(H,30,35)(H,31,34)(H,37,38)/t19-,20-,21-,22-/m0/s1. The highest BCUT2D eigenvalue weighted by Crippen LogP contribution is 2.21. The lowest BCUT2D eigenvalue weighted by Crippen LogP contribution is -2.57. The summed E-state index contributed by atoms with van der Waals surface area (Å²) < 4.78 is 0. The van der Waals surface area contributed by atoms with Crippen molar-refractivity contribution in [2.24, 2.45) is 17.2 Å². The third kappa shape index (κ3) is 9.58.